The summed E-state index contributed by atoms with van der Waals surface area (Å²) < 4.78 is 40.4. The molecule has 2 rings (SSSR count). The van der Waals surface area contributed by atoms with E-state index in [0.29, 0.717) is 15.2 Å². The molecule has 0 atom stereocenters. The Labute approximate surface area is 115 Å². The summed E-state index contributed by atoms with van der Waals surface area (Å²) >= 11 is 1.11. The topological polar surface area (TPSA) is 65.2 Å². The summed E-state index contributed by atoms with van der Waals surface area (Å²) in [6, 6.07) is 3.80. The Hall–Kier alpha value is -1.54. The second-order valence-corrected chi connectivity index (χ2v) is 4.54. The van der Waals surface area contributed by atoms with Gasteiger partial charge >= 0.3 is 6.36 Å². The molecule has 1 amide bonds. The summed E-state index contributed by atoms with van der Waals surface area (Å²) in [5.74, 6) is -0.856. The molecule has 104 valence electrons. The third kappa shape index (κ3) is 4.25. The lowest BCUT2D eigenvalue weighted by Gasteiger charge is -2.07. The Kier molecular flexibility index (Phi) is 4.59. The third-order valence-electron chi connectivity index (χ3n) is 1.96. The molecule has 1 aromatic heterocycles. The molecule has 0 fully saturated rings. The maximum Gasteiger partial charge on any atom is 0.573 e. The molecule has 0 aliphatic rings. The number of aromatic nitrogens is 1. The fourth-order valence-corrected chi connectivity index (χ4v) is 2.38. The minimum absolute atomic E-state index is 0. The average Bonchev–Trinajstić information content (AvgIpc) is 2.55. The number of primary amides is 1. The van der Waals surface area contributed by atoms with Gasteiger partial charge in [-0.3, -0.25) is 4.79 Å². The fourth-order valence-electron chi connectivity index (χ4n) is 1.37. The summed E-state index contributed by atoms with van der Waals surface area (Å²) in [5, 5.41) is 0.460. The molecule has 4 nitrogen and oxygen atoms in total. The van der Waals surface area contributed by atoms with Gasteiger partial charge in [-0.2, -0.15) is 0 Å². The lowest BCUT2D eigenvalue weighted by Crippen LogP contribution is -2.16. The van der Waals surface area contributed by atoms with E-state index in [4.69, 9.17) is 5.73 Å². The minimum atomic E-state index is -4.73. The number of carbonyl (C=O) groups is 1. The Morgan fingerprint density at radius 3 is 2.68 bits per heavy atom. The van der Waals surface area contributed by atoms with E-state index in [9.17, 15) is 18.0 Å². The van der Waals surface area contributed by atoms with Crippen LogP contribution in [-0.2, 0) is 11.2 Å². The van der Waals surface area contributed by atoms with Crippen LogP contribution in [0, 0.1) is 0 Å². The van der Waals surface area contributed by atoms with E-state index in [1.807, 2.05) is 0 Å². The first-order valence-electron chi connectivity index (χ1n) is 4.77. The van der Waals surface area contributed by atoms with E-state index in [2.05, 4.69) is 9.72 Å². The molecule has 0 unspecified atom stereocenters. The Morgan fingerprint density at radius 1 is 1.42 bits per heavy atom. The minimum Gasteiger partial charge on any atom is -0.406 e. The zero-order chi connectivity index (χ0) is 13.3. The number of rotatable bonds is 3. The number of hydrogen-bond donors (Lipinski definition) is 1. The number of carbonyl (C=O) groups excluding carboxylic acids is 1. The van der Waals surface area contributed by atoms with Crippen molar-refractivity contribution in [1.29, 1.82) is 0 Å². The number of nitrogens with two attached hydrogens (primary N) is 1. The zero-order valence-corrected chi connectivity index (χ0v) is 10.9. The normalized spacial score (nSPS) is 11.1. The molecule has 0 saturated carbocycles. The van der Waals surface area contributed by atoms with Crippen LogP contribution in [0.1, 0.15) is 5.01 Å². The number of hydrogen-bond acceptors (Lipinski definition) is 4. The van der Waals surface area contributed by atoms with Crippen molar-refractivity contribution in [3.05, 3.63) is 23.2 Å². The fraction of sp³-hybridized carbons (Fsp3) is 0.200. The second kappa shape index (κ2) is 5.62. The average molecular weight is 313 g/mol. The number of nitrogens with zero attached hydrogens (tertiary/aromatic N) is 1. The van der Waals surface area contributed by atoms with Crippen LogP contribution in [0.15, 0.2) is 18.2 Å². The van der Waals surface area contributed by atoms with E-state index in [-0.39, 0.29) is 24.6 Å². The van der Waals surface area contributed by atoms with E-state index in [1.165, 1.54) is 18.2 Å². The second-order valence-electron chi connectivity index (χ2n) is 3.43. The molecular formula is C10H8ClF3N2O2S. The van der Waals surface area contributed by atoms with Crippen molar-refractivity contribution in [3.8, 4) is 5.75 Å². The smallest absolute Gasteiger partial charge is 0.406 e. The van der Waals surface area contributed by atoms with E-state index >= 15 is 0 Å². The summed E-state index contributed by atoms with van der Waals surface area (Å²) in [5.41, 5.74) is 5.52. The number of amides is 1. The maximum atomic E-state index is 12.0. The van der Waals surface area contributed by atoms with E-state index in [1.54, 1.807) is 0 Å². The van der Waals surface area contributed by atoms with Crippen molar-refractivity contribution >= 4 is 39.9 Å². The molecule has 2 aromatic rings. The molecule has 0 radical (unpaired) electrons. The lowest BCUT2D eigenvalue weighted by atomic mass is 10.3. The molecule has 0 spiro atoms. The summed E-state index contributed by atoms with van der Waals surface area (Å²) in [6.45, 7) is 0. The van der Waals surface area contributed by atoms with Crippen LogP contribution in [-0.4, -0.2) is 17.3 Å². The first kappa shape index (κ1) is 15.5. The van der Waals surface area contributed by atoms with Gasteiger partial charge in [0.15, 0.2) is 0 Å². The zero-order valence-electron chi connectivity index (χ0n) is 9.23. The van der Waals surface area contributed by atoms with Gasteiger partial charge in [0.2, 0.25) is 5.91 Å². The Morgan fingerprint density at radius 2 is 2.11 bits per heavy atom. The van der Waals surface area contributed by atoms with Crippen LogP contribution >= 0.6 is 23.7 Å². The molecule has 9 heteroatoms. The van der Waals surface area contributed by atoms with E-state index in [0.717, 1.165) is 11.3 Å². The van der Waals surface area contributed by atoms with Crippen LogP contribution in [0.5, 0.6) is 5.75 Å². The summed E-state index contributed by atoms with van der Waals surface area (Å²) in [6.07, 6.45) is -4.76. The predicted octanol–water partition coefficient (Wildman–Crippen LogP) is 2.64. The number of halogens is 4. The van der Waals surface area contributed by atoms with Crippen molar-refractivity contribution < 1.29 is 22.7 Å². The monoisotopic (exact) mass is 312 g/mol. The SMILES string of the molecule is Cl.NC(=O)Cc1nc2ccc(OC(F)(F)F)cc2s1. The number of benzene rings is 1. The van der Waals surface area contributed by atoms with Crippen LogP contribution in [0.2, 0.25) is 0 Å². The van der Waals surface area contributed by atoms with Gasteiger partial charge in [-0.05, 0) is 18.2 Å². The van der Waals surface area contributed by atoms with Gasteiger partial charge in [0.25, 0.3) is 0 Å². The van der Waals surface area contributed by atoms with Gasteiger partial charge in [-0.15, -0.1) is 36.9 Å². The van der Waals surface area contributed by atoms with Gasteiger partial charge in [0.05, 0.1) is 16.6 Å². The quantitative estimate of drug-likeness (QED) is 0.947. The third-order valence-corrected chi connectivity index (χ3v) is 2.98. The first-order chi connectivity index (χ1) is 8.33. The van der Waals surface area contributed by atoms with Crippen molar-refractivity contribution in [2.24, 2.45) is 5.73 Å². The van der Waals surface area contributed by atoms with Gasteiger partial charge in [-0.1, -0.05) is 0 Å². The number of ether oxygens (including phenoxy) is 1. The van der Waals surface area contributed by atoms with Crippen molar-refractivity contribution in [1.82, 2.24) is 4.98 Å². The van der Waals surface area contributed by atoms with Gasteiger partial charge in [0, 0.05) is 0 Å². The summed E-state index contributed by atoms with van der Waals surface area (Å²) in [4.78, 5) is 14.8. The van der Waals surface area contributed by atoms with Crippen LogP contribution < -0.4 is 10.5 Å². The van der Waals surface area contributed by atoms with E-state index < -0.39 is 12.3 Å². The van der Waals surface area contributed by atoms with Crippen molar-refractivity contribution in [2.45, 2.75) is 12.8 Å². The van der Waals surface area contributed by atoms with Gasteiger partial charge in [-0.25, -0.2) is 4.98 Å². The highest BCUT2D eigenvalue weighted by atomic mass is 35.5. The van der Waals surface area contributed by atoms with Gasteiger partial charge < -0.3 is 10.5 Å². The molecule has 0 saturated heterocycles. The van der Waals surface area contributed by atoms with Crippen LogP contribution in [0.4, 0.5) is 13.2 Å². The Bertz CT molecular complexity index is 600. The Balaban J connectivity index is 0.00000180. The van der Waals surface area contributed by atoms with Gasteiger partial charge in [0.1, 0.15) is 10.8 Å². The number of alkyl halides is 3. The highest BCUT2D eigenvalue weighted by Crippen LogP contribution is 2.29. The molecule has 0 aliphatic heterocycles. The highest BCUT2D eigenvalue weighted by molar-refractivity contribution is 7.18. The number of fused-ring (bicyclic) bond motifs is 1. The van der Waals surface area contributed by atoms with Crippen LogP contribution in [0.3, 0.4) is 0 Å². The lowest BCUT2D eigenvalue weighted by molar-refractivity contribution is -0.274. The number of thiazole rings is 1. The largest absolute Gasteiger partial charge is 0.573 e. The molecule has 0 bridgehead atoms. The molecule has 0 aliphatic carbocycles. The molecule has 1 heterocycles. The molecule has 19 heavy (non-hydrogen) atoms. The van der Waals surface area contributed by atoms with Crippen LogP contribution in [0.25, 0.3) is 10.2 Å². The maximum absolute atomic E-state index is 12.0. The van der Waals surface area contributed by atoms with Crippen molar-refractivity contribution in [2.75, 3.05) is 0 Å². The van der Waals surface area contributed by atoms with Crippen molar-refractivity contribution in [3.63, 3.8) is 0 Å². The highest BCUT2D eigenvalue weighted by Gasteiger charge is 2.31. The molecule has 2 N–H and O–H groups in total. The standard InChI is InChI=1S/C10H7F3N2O2S.ClH/c11-10(12,13)17-5-1-2-6-7(3-5)18-9(15-6)4-8(14)16;/h1-3H,4H2,(H2,14,16);1H. The predicted molar refractivity (Wildman–Crippen MR) is 66.4 cm³/mol. The summed E-state index contributed by atoms with van der Waals surface area (Å²) in [7, 11) is 0. The first-order valence-corrected chi connectivity index (χ1v) is 5.59. The molecular weight excluding hydrogens is 305 g/mol. The molecule has 1 aromatic carbocycles.